The van der Waals surface area contributed by atoms with Gasteiger partial charge in [-0.1, -0.05) is 108 Å². The number of hydrogen-bond acceptors (Lipinski definition) is 2. The lowest BCUT2D eigenvalue weighted by Gasteiger charge is -2.19. The van der Waals surface area contributed by atoms with Gasteiger partial charge in [0.2, 0.25) is 0 Å². The van der Waals surface area contributed by atoms with Crippen molar-refractivity contribution >= 4 is 43.6 Å². The Morgan fingerprint density at radius 2 is 0.897 bits per heavy atom. The van der Waals surface area contributed by atoms with E-state index in [-0.39, 0.29) is 0 Å². The van der Waals surface area contributed by atoms with Gasteiger partial charge in [0.05, 0.1) is 39.0 Å². The highest BCUT2D eigenvalue weighted by Gasteiger charge is 2.23. The van der Waals surface area contributed by atoms with Crippen LogP contribution in [0.15, 0.2) is 146 Å². The molecule has 0 unspecified atom stereocenters. The molecule has 0 saturated heterocycles. The molecule has 0 fully saturated rings. The summed E-state index contributed by atoms with van der Waals surface area (Å²) < 4.78 is 4.67. The van der Waals surface area contributed by atoms with Gasteiger partial charge in [-0.15, -0.1) is 0 Å². The molecule has 0 N–H and O–H groups in total. The summed E-state index contributed by atoms with van der Waals surface area (Å²) in [6.45, 7) is 12.8. The minimum atomic E-state index is 0.595. The van der Waals surface area contributed by atoms with Crippen LogP contribution in [0.4, 0.5) is 0 Å². The molecule has 4 nitrogen and oxygen atoms in total. The second-order valence-electron chi connectivity index (χ2n) is 15.9. The van der Waals surface area contributed by atoms with Crippen LogP contribution < -0.4 is 0 Å². The number of aryl methyl sites for hydroxylation is 6. The summed E-state index contributed by atoms with van der Waals surface area (Å²) in [7, 11) is 0. The SMILES string of the molecule is Cc1ccc(-c2ccc3c4ccccc4n(-c4cc(-c5cc(C)nc(C)c5)c(-n5c6ccccc6c6ccc(-c7ccc(C)cc7C)cc65)cc4C#N)c3c2)c(C)c1. The van der Waals surface area contributed by atoms with Gasteiger partial charge in [0.1, 0.15) is 6.07 Å². The molecular formula is C54H42N4. The molecule has 0 spiro atoms. The number of hydrogen-bond donors (Lipinski definition) is 0. The van der Waals surface area contributed by atoms with E-state index in [0.717, 1.165) is 77.9 Å². The standard InChI is InChI=1S/C54H42N4/c1-32-15-19-42(34(3)23-32)38-17-21-46-44-11-7-9-13-49(44)57(52(46)27-38)51-30-48(40-25-36(5)56-37(6)26-40)54(29-41(51)31-55)58-50-14-10-8-12-45(50)47-22-18-39(28-53(47)58)43-20-16-33(2)24-35(43)4/h7-30H,1-6H3. The summed E-state index contributed by atoms with van der Waals surface area (Å²) in [6, 6.07) is 55.4. The van der Waals surface area contributed by atoms with E-state index in [0.29, 0.717) is 5.56 Å². The molecule has 3 heterocycles. The van der Waals surface area contributed by atoms with Crippen LogP contribution in [-0.2, 0) is 0 Å². The van der Waals surface area contributed by atoms with Crippen molar-refractivity contribution in [2.45, 2.75) is 41.5 Å². The molecule has 0 bridgehead atoms. The first kappa shape index (κ1) is 35.2. The molecule has 0 aliphatic rings. The number of nitrogens with zero attached hydrogens (tertiary/aromatic N) is 4. The highest BCUT2D eigenvalue weighted by Crippen LogP contribution is 2.42. The molecule has 0 aliphatic heterocycles. The summed E-state index contributed by atoms with van der Waals surface area (Å²) in [6.07, 6.45) is 0. The van der Waals surface area contributed by atoms with E-state index >= 15 is 0 Å². The van der Waals surface area contributed by atoms with Crippen LogP contribution in [-0.4, -0.2) is 14.1 Å². The lowest BCUT2D eigenvalue weighted by atomic mass is 9.97. The lowest BCUT2D eigenvalue weighted by molar-refractivity contribution is 1.11. The number of nitriles is 1. The number of fused-ring (bicyclic) bond motifs is 6. The van der Waals surface area contributed by atoms with Gasteiger partial charge >= 0.3 is 0 Å². The van der Waals surface area contributed by atoms with Crippen molar-refractivity contribution in [1.29, 1.82) is 5.26 Å². The summed E-state index contributed by atoms with van der Waals surface area (Å²) in [4.78, 5) is 4.79. The zero-order valence-corrected chi connectivity index (χ0v) is 33.6. The first-order valence-corrected chi connectivity index (χ1v) is 19.9. The number of aromatic nitrogens is 3. The van der Waals surface area contributed by atoms with Crippen molar-refractivity contribution in [3.8, 4) is 50.8 Å². The Morgan fingerprint density at radius 1 is 0.414 bits per heavy atom. The first-order valence-electron chi connectivity index (χ1n) is 19.9. The van der Waals surface area contributed by atoms with E-state index < -0.39 is 0 Å². The fraction of sp³-hybridized carbons (Fsp3) is 0.111. The molecular weight excluding hydrogens is 705 g/mol. The fourth-order valence-corrected chi connectivity index (χ4v) is 9.33. The quantitative estimate of drug-likeness (QED) is 0.176. The Labute approximate surface area is 338 Å². The van der Waals surface area contributed by atoms with Crippen molar-refractivity contribution in [1.82, 2.24) is 14.1 Å². The summed E-state index contributed by atoms with van der Waals surface area (Å²) >= 11 is 0. The van der Waals surface area contributed by atoms with Crippen LogP contribution in [0, 0.1) is 52.9 Å². The van der Waals surface area contributed by atoms with Gasteiger partial charge in [-0.3, -0.25) is 4.98 Å². The van der Waals surface area contributed by atoms with E-state index in [1.54, 1.807) is 0 Å². The van der Waals surface area contributed by atoms with Crippen LogP contribution in [0.1, 0.15) is 39.2 Å². The molecule has 0 amide bonds. The monoisotopic (exact) mass is 746 g/mol. The topological polar surface area (TPSA) is 46.5 Å². The number of rotatable bonds is 5. The van der Waals surface area contributed by atoms with Gasteiger partial charge in [-0.05, 0) is 129 Å². The molecule has 7 aromatic carbocycles. The molecule has 3 aromatic heterocycles. The molecule has 0 aliphatic carbocycles. The number of benzene rings is 7. The van der Waals surface area contributed by atoms with Crippen LogP contribution in [0.3, 0.4) is 0 Å². The van der Waals surface area contributed by atoms with E-state index in [9.17, 15) is 5.26 Å². The summed E-state index contributed by atoms with van der Waals surface area (Å²) in [5, 5.41) is 15.9. The highest BCUT2D eigenvalue weighted by molar-refractivity contribution is 6.12. The van der Waals surface area contributed by atoms with Crippen LogP contribution in [0.25, 0.3) is 88.4 Å². The minimum Gasteiger partial charge on any atom is -0.309 e. The van der Waals surface area contributed by atoms with Crippen LogP contribution >= 0.6 is 0 Å². The van der Waals surface area contributed by atoms with Gasteiger partial charge in [0.15, 0.2) is 0 Å². The largest absolute Gasteiger partial charge is 0.309 e. The second-order valence-corrected chi connectivity index (χ2v) is 15.9. The van der Waals surface area contributed by atoms with Crippen molar-refractivity contribution in [2.75, 3.05) is 0 Å². The van der Waals surface area contributed by atoms with Gasteiger partial charge in [0.25, 0.3) is 0 Å². The second kappa shape index (κ2) is 13.5. The van der Waals surface area contributed by atoms with Gasteiger partial charge in [-0.2, -0.15) is 5.26 Å². The molecule has 0 radical (unpaired) electrons. The summed E-state index contributed by atoms with van der Waals surface area (Å²) in [5.74, 6) is 0. The molecule has 0 saturated carbocycles. The number of pyridine rings is 1. The van der Waals surface area contributed by atoms with Crippen molar-refractivity contribution < 1.29 is 0 Å². The molecule has 0 atom stereocenters. The van der Waals surface area contributed by atoms with Gasteiger partial charge in [0, 0.05) is 38.5 Å². The third-order valence-electron chi connectivity index (χ3n) is 11.8. The normalized spacial score (nSPS) is 11.6. The third kappa shape index (κ3) is 5.62. The predicted octanol–water partition coefficient (Wildman–Crippen LogP) is 14.0. The Kier molecular flexibility index (Phi) is 8.18. The fourth-order valence-electron chi connectivity index (χ4n) is 9.33. The predicted molar refractivity (Wildman–Crippen MR) is 242 cm³/mol. The Balaban J connectivity index is 1.31. The van der Waals surface area contributed by atoms with Gasteiger partial charge < -0.3 is 9.13 Å². The first-order chi connectivity index (χ1) is 28.2. The average molecular weight is 747 g/mol. The van der Waals surface area contributed by atoms with Gasteiger partial charge in [-0.25, -0.2) is 0 Å². The zero-order chi connectivity index (χ0) is 39.8. The molecule has 10 aromatic rings. The lowest BCUT2D eigenvalue weighted by Crippen LogP contribution is -2.04. The zero-order valence-electron chi connectivity index (χ0n) is 33.6. The van der Waals surface area contributed by atoms with Crippen LogP contribution in [0.5, 0.6) is 0 Å². The molecule has 4 heteroatoms. The summed E-state index contributed by atoms with van der Waals surface area (Å²) in [5.41, 5.74) is 20.4. The Hall–Kier alpha value is -7.22. The third-order valence-corrected chi connectivity index (χ3v) is 11.8. The highest BCUT2D eigenvalue weighted by atomic mass is 15.0. The minimum absolute atomic E-state index is 0.595. The maximum Gasteiger partial charge on any atom is 0.101 e. The Morgan fingerprint density at radius 3 is 1.40 bits per heavy atom. The van der Waals surface area contributed by atoms with Crippen LogP contribution in [0.2, 0.25) is 0 Å². The maximum absolute atomic E-state index is 11.2. The van der Waals surface area contributed by atoms with E-state index in [1.165, 1.54) is 44.2 Å². The average Bonchev–Trinajstić information content (AvgIpc) is 3.72. The van der Waals surface area contributed by atoms with E-state index in [2.05, 4.69) is 202 Å². The smallest absolute Gasteiger partial charge is 0.101 e. The maximum atomic E-state index is 11.2. The molecule has 10 rings (SSSR count). The van der Waals surface area contributed by atoms with E-state index in [4.69, 9.17) is 4.98 Å². The van der Waals surface area contributed by atoms with Crippen molar-refractivity contribution in [2.24, 2.45) is 0 Å². The van der Waals surface area contributed by atoms with E-state index in [1.807, 2.05) is 0 Å². The molecule has 278 valence electrons. The van der Waals surface area contributed by atoms with Crippen molar-refractivity contribution in [3.63, 3.8) is 0 Å². The molecule has 58 heavy (non-hydrogen) atoms. The Bertz CT molecular complexity index is 3350. The number of para-hydroxylation sites is 2. The van der Waals surface area contributed by atoms with Crippen molar-refractivity contribution in [3.05, 3.63) is 185 Å².